The molecule has 4 nitrogen and oxygen atoms in total. The summed E-state index contributed by atoms with van der Waals surface area (Å²) in [6, 6.07) is 7.96. The number of benzene rings is 1. The molecule has 1 aromatic carbocycles. The zero-order valence-electron chi connectivity index (χ0n) is 12.4. The van der Waals surface area contributed by atoms with Gasteiger partial charge in [-0.15, -0.1) is 0 Å². The second kappa shape index (κ2) is 7.48. The van der Waals surface area contributed by atoms with Gasteiger partial charge in [-0.25, -0.2) is 4.98 Å². The van der Waals surface area contributed by atoms with Crippen molar-refractivity contribution in [3.8, 4) is 0 Å². The van der Waals surface area contributed by atoms with Crippen molar-refractivity contribution < 1.29 is 4.74 Å². The molecule has 4 heteroatoms. The largest absolute Gasteiger partial charge is 0.377 e. The van der Waals surface area contributed by atoms with Crippen LogP contribution in [0, 0.1) is 0 Å². The molecule has 1 aliphatic carbocycles. The van der Waals surface area contributed by atoms with Gasteiger partial charge in [0.25, 0.3) is 0 Å². The maximum absolute atomic E-state index is 5.89. The summed E-state index contributed by atoms with van der Waals surface area (Å²) in [7, 11) is 0. The molecule has 0 atom stereocenters. The molecule has 112 valence electrons. The standard InChI is InChI=1S/C17H23N3O/c1-2-6-15(7-3-1)21-11-10-18-12-14-13-19-16-8-4-5-9-17(16)20-14/h4-5,8-9,13,15,18H,1-3,6-7,10-12H2. The quantitative estimate of drug-likeness (QED) is 0.829. The van der Waals surface area contributed by atoms with Crippen LogP contribution >= 0.6 is 0 Å². The highest BCUT2D eigenvalue weighted by Gasteiger charge is 2.12. The average Bonchev–Trinajstić information content (AvgIpc) is 2.55. The van der Waals surface area contributed by atoms with Gasteiger partial charge in [0.15, 0.2) is 0 Å². The van der Waals surface area contributed by atoms with E-state index in [0.29, 0.717) is 6.10 Å². The van der Waals surface area contributed by atoms with Gasteiger partial charge in [-0.1, -0.05) is 31.4 Å². The van der Waals surface area contributed by atoms with Crippen molar-refractivity contribution in [1.29, 1.82) is 0 Å². The highest BCUT2D eigenvalue weighted by molar-refractivity contribution is 5.73. The molecule has 1 N–H and O–H groups in total. The maximum atomic E-state index is 5.89. The molecular formula is C17H23N3O. The topological polar surface area (TPSA) is 47.0 Å². The van der Waals surface area contributed by atoms with Gasteiger partial charge in [-0.3, -0.25) is 4.98 Å². The van der Waals surface area contributed by atoms with Crippen LogP contribution in [0.2, 0.25) is 0 Å². The molecule has 3 rings (SSSR count). The van der Waals surface area contributed by atoms with E-state index in [1.54, 1.807) is 0 Å². The van der Waals surface area contributed by atoms with Gasteiger partial charge in [-0.05, 0) is 25.0 Å². The Labute approximate surface area is 125 Å². The first kappa shape index (κ1) is 14.4. The fourth-order valence-electron chi connectivity index (χ4n) is 2.83. The number of fused-ring (bicyclic) bond motifs is 1. The summed E-state index contributed by atoms with van der Waals surface area (Å²) < 4.78 is 5.89. The molecule has 1 aromatic heterocycles. The minimum Gasteiger partial charge on any atom is -0.377 e. The van der Waals surface area contributed by atoms with E-state index in [1.165, 1.54) is 32.1 Å². The van der Waals surface area contributed by atoms with E-state index >= 15 is 0 Å². The third-order valence-electron chi connectivity index (χ3n) is 3.99. The Bertz CT molecular complexity index is 567. The fourth-order valence-corrected chi connectivity index (χ4v) is 2.83. The van der Waals surface area contributed by atoms with Crippen molar-refractivity contribution in [3.05, 3.63) is 36.2 Å². The lowest BCUT2D eigenvalue weighted by Crippen LogP contribution is -2.24. The second-order valence-electron chi connectivity index (χ2n) is 5.66. The lowest BCUT2D eigenvalue weighted by Gasteiger charge is -2.21. The smallest absolute Gasteiger partial charge is 0.0890 e. The van der Waals surface area contributed by atoms with Gasteiger partial charge < -0.3 is 10.1 Å². The third-order valence-corrected chi connectivity index (χ3v) is 3.99. The number of hydrogen-bond acceptors (Lipinski definition) is 4. The van der Waals surface area contributed by atoms with Gasteiger partial charge in [0, 0.05) is 13.1 Å². The van der Waals surface area contributed by atoms with E-state index in [0.717, 1.165) is 36.4 Å². The Morgan fingerprint density at radius 2 is 1.90 bits per heavy atom. The van der Waals surface area contributed by atoms with Gasteiger partial charge in [0.2, 0.25) is 0 Å². The lowest BCUT2D eigenvalue weighted by molar-refractivity contribution is 0.0302. The number of hydrogen-bond donors (Lipinski definition) is 1. The van der Waals surface area contributed by atoms with Crippen molar-refractivity contribution in [2.45, 2.75) is 44.8 Å². The molecular weight excluding hydrogens is 262 g/mol. The van der Waals surface area contributed by atoms with Gasteiger partial charge >= 0.3 is 0 Å². The molecule has 21 heavy (non-hydrogen) atoms. The maximum Gasteiger partial charge on any atom is 0.0890 e. The van der Waals surface area contributed by atoms with E-state index in [9.17, 15) is 0 Å². The van der Waals surface area contributed by atoms with Crippen LogP contribution in [0.1, 0.15) is 37.8 Å². The van der Waals surface area contributed by atoms with Crippen LogP contribution in [0.25, 0.3) is 11.0 Å². The van der Waals surface area contributed by atoms with Crippen molar-refractivity contribution >= 4 is 11.0 Å². The Morgan fingerprint density at radius 1 is 1.10 bits per heavy atom. The minimum absolute atomic E-state index is 0.487. The highest BCUT2D eigenvalue weighted by atomic mass is 16.5. The molecule has 1 fully saturated rings. The Hall–Kier alpha value is -1.52. The van der Waals surface area contributed by atoms with E-state index in [4.69, 9.17) is 4.74 Å². The summed E-state index contributed by atoms with van der Waals surface area (Å²) >= 11 is 0. The molecule has 0 unspecified atom stereocenters. The van der Waals surface area contributed by atoms with E-state index in [1.807, 2.05) is 30.5 Å². The van der Waals surface area contributed by atoms with Crippen LogP contribution in [0.3, 0.4) is 0 Å². The molecule has 1 saturated carbocycles. The number of nitrogens with zero attached hydrogens (tertiary/aromatic N) is 2. The van der Waals surface area contributed by atoms with Crippen LogP contribution in [-0.4, -0.2) is 29.2 Å². The molecule has 1 heterocycles. The predicted octanol–water partition coefficient (Wildman–Crippen LogP) is 3.07. The molecule has 0 aliphatic heterocycles. The zero-order chi connectivity index (χ0) is 14.3. The van der Waals surface area contributed by atoms with Crippen LogP contribution in [0.15, 0.2) is 30.5 Å². The number of rotatable bonds is 6. The summed E-state index contributed by atoms with van der Waals surface area (Å²) in [6.45, 7) is 2.39. The van der Waals surface area contributed by atoms with Crippen LogP contribution in [-0.2, 0) is 11.3 Å². The minimum atomic E-state index is 0.487. The Kier molecular flexibility index (Phi) is 5.13. The van der Waals surface area contributed by atoms with Gasteiger partial charge in [0.05, 0.1) is 35.6 Å². The second-order valence-corrected chi connectivity index (χ2v) is 5.66. The van der Waals surface area contributed by atoms with Crippen molar-refractivity contribution in [2.24, 2.45) is 0 Å². The van der Waals surface area contributed by atoms with Gasteiger partial charge in [-0.2, -0.15) is 0 Å². The summed E-state index contributed by atoms with van der Waals surface area (Å²) in [5, 5.41) is 3.38. The molecule has 0 bridgehead atoms. The number of ether oxygens (including phenoxy) is 1. The fraction of sp³-hybridized carbons (Fsp3) is 0.529. The molecule has 0 amide bonds. The summed E-state index contributed by atoms with van der Waals surface area (Å²) in [5.74, 6) is 0. The molecule has 0 radical (unpaired) electrons. The van der Waals surface area contributed by atoms with Crippen LogP contribution in [0.4, 0.5) is 0 Å². The number of nitrogens with one attached hydrogen (secondary N) is 1. The molecule has 0 saturated heterocycles. The zero-order valence-corrected chi connectivity index (χ0v) is 12.4. The van der Waals surface area contributed by atoms with E-state index in [2.05, 4.69) is 15.3 Å². The van der Waals surface area contributed by atoms with E-state index < -0.39 is 0 Å². The monoisotopic (exact) mass is 285 g/mol. The van der Waals surface area contributed by atoms with Crippen molar-refractivity contribution in [1.82, 2.24) is 15.3 Å². The van der Waals surface area contributed by atoms with Crippen LogP contribution in [0.5, 0.6) is 0 Å². The normalized spacial score (nSPS) is 16.4. The average molecular weight is 285 g/mol. The lowest BCUT2D eigenvalue weighted by atomic mass is 9.98. The van der Waals surface area contributed by atoms with Crippen molar-refractivity contribution in [2.75, 3.05) is 13.2 Å². The van der Waals surface area contributed by atoms with Crippen LogP contribution < -0.4 is 5.32 Å². The predicted molar refractivity (Wildman–Crippen MR) is 84.1 cm³/mol. The molecule has 2 aromatic rings. The first-order chi connectivity index (χ1) is 10.4. The van der Waals surface area contributed by atoms with Gasteiger partial charge in [0.1, 0.15) is 0 Å². The summed E-state index contributed by atoms with van der Waals surface area (Å²) in [5.41, 5.74) is 2.88. The number of aromatic nitrogens is 2. The third kappa shape index (κ3) is 4.22. The summed E-state index contributed by atoms with van der Waals surface area (Å²) in [6.07, 6.45) is 8.82. The SMILES string of the molecule is c1ccc2nc(CNCCOC3CCCCC3)cnc2c1. The highest BCUT2D eigenvalue weighted by Crippen LogP contribution is 2.19. The molecule has 1 aliphatic rings. The van der Waals surface area contributed by atoms with Crippen molar-refractivity contribution in [3.63, 3.8) is 0 Å². The first-order valence-corrected chi connectivity index (χ1v) is 7.95. The Balaban J connectivity index is 1.39. The Morgan fingerprint density at radius 3 is 2.76 bits per heavy atom. The number of para-hydroxylation sites is 2. The first-order valence-electron chi connectivity index (χ1n) is 7.95. The summed E-state index contributed by atoms with van der Waals surface area (Å²) in [4.78, 5) is 9.02. The van der Waals surface area contributed by atoms with E-state index in [-0.39, 0.29) is 0 Å². The molecule has 0 spiro atoms.